The smallest absolute Gasteiger partial charge is 0.153 e. The van der Waals surface area contributed by atoms with E-state index in [-0.39, 0.29) is 0 Å². The number of nitrogens with zero attached hydrogens (tertiary/aromatic N) is 1. The average molecular weight is 290 g/mol. The summed E-state index contributed by atoms with van der Waals surface area (Å²) in [6, 6.07) is 1.05. The topological polar surface area (TPSA) is 49.4 Å². The third-order valence-electron chi connectivity index (χ3n) is 4.31. The van der Waals surface area contributed by atoms with Gasteiger partial charge in [-0.3, -0.25) is 0 Å². The van der Waals surface area contributed by atoms with Gasteiger partial charge in [0.25, 0.3) is 0 Å². The Morgan fingerprint density at radius 2 is 1.89 bits per heavy atom. The number of likely N-dealkylation sites (tertiary alicyclic amines) is 1. The molecule has 0 aromatic carbocycles. The molecule has 5 heteroatoms. The summed E-state index contributed by atoms with van der Waals surface area (Å²) in [5, 5.41) is 3.46. The Labute approximate surface area is 118 Å². The first-order valence-corrected chi connectivity index (χ1v) is 9.19. The van der Waals surface area contributed by atoms with Crippen LogP contribution in [-0.2, 0) is 9.84 Å². The van der Waals surface area contributed by atoms with Crippen LogP contribution in [0.4, 0.5) is 0 Å². The van der Waals surface area contributed by atoms with E-state index in [1.54, 1.807) is 13.8 Å². The molecule has 1 heterocycles. The second-order valence-corrected chi connectivity index (χ2v) is 9.32. The zero-order valence-electron chi connectivity index (χ0n) is 13.1. The molecule has 1 aliphatic heterocycles. The van der Waals surface area contributed by atoms with Crippen molar-refractivity contribution in [2.45, 2.75) is 63.8 Å². The molecule has 1 atom stereocenters. The molecule has 0 saturated carbocycles. The molecule has 0 amide bonds. The van der Waals surface area contributed by atoms with Crippen molar-refractivity contribution in [3.63, 3.8) is 0 Å². The molecule has 1 saturated heterocycles. The van der Waals surface area contributed by atoms with E-state index in [9.17, 15) is 8.42 Å². The number of rotatable bonds is 5. The van der Waals surface area contributed by atoms with Crippen molar-refractivity contribution >= 4 is 9.84 Å². The van der Waals surface area contributed by atoms with Crippen molar-refractivity contribution in [2.75, 3.05) is 25.9 Å². The molecular formula is C14H30N2O2S. The van der Waals surface area contributed by atoms with Crippen LogP contribution in [0.3, 0.4) is 0 Å². The van der Waals surface area contributed by atoms with Gasteiger partial charge in [0, 0.05) is 24.9 Å². The van der Waals surface area contributed by atoms with Crippen LogP contribution in [0.1, 0.15) is 47.0 Å². The third kappa shape index (κ3) is 5.04. The largest absolute Gasteiger partial charge is 0.312 e. The first kappa shape index (κ1) is 16.9. The zero-order chi connectivity index (χ0) is 14.7. The predicted molar refractivity (Wildman–Crippen MR) is 81.3 cm³/mol. The fourth-order valence-corrected chi connectivity index (χ4v) is 2.71. The lowest BCUT2D eigenvalue weighted by atomic mass is 10.1. The van der Waals surface area contributed by atoms with Gasteiger partial charge in [-0.1, -0.05) is 0 Å². The van der Waals surface area contributed by atoms with Gasteiger partial charge < -0.3 is 10.2 Å². The fourth-order valence-electron chi connectivity index (χ4n) is 2.36. The van der Waals surface area contributed by atoms with Crippen LogP contribution in [0.5, 0.6) is 0 Å². The summed E-state index contributed by atoms with van der Waals surface area (Å²) in [5.74, 6) is 0. The van der Waals surface area contributed by atoms with Gasteiger partial charge in [-0.2, -0.15) is 0 Å². The maximum atomic E-state index is 11.7. The van der Waals surface area contributed by atoms with E-state index in [4.69, 9.17) is 0 Å². The van der Waals surface area contributed by atoms with Crippen molar-refractivity contribution in [2.24, 2.45) is 0 Å². The van der Waals surface area contributed by atoms with Gasteiger partial charge >= 0.3 is 0 Å². The molecule has 4 nitrogen and oxygen atoms in total. The van der Waals surface area contributed by atoms with E-state index in [2.05, 4.69) is 24.1 Å². The first-order chi connectivity index (χ1) is 8.63. The molecule has 19 heavy (non-hydrogen) atoms. The van der Waals surface area contributed by atoms with Crippen LogP contribution in [0, 0.1) is 0 Å². The van der Waals surface area contributed by atoms with Crippen LogP contribution in [0.2, 0.25) is 0 Å². The SMILES string of the molecule is CC(C)N1CCCC(NCC(C)(C)S(C)(=O)=O)CC1. The van der Waals surface area contributed by atoms with Crippen LogP contribution in [0.25, 0.3) is 0 Å². The molecule has 1 fully saturated rings. The molecule has 1 N–H and O–H groups in total. The minimum absolute atomic E-state index is 0.449. The van der Waals surface area contributed by atoms with Crippen LogP contribution < -0.4 is 5.32 Å². The van der Waals surface area contributed by atoms with E-state index in [0.29, 0.717) is 18.6 Å². The standard InChI is InChI=1S/C14H30N2O2S/c1-12(2)16-9-6-7-13(8-10-16)15-11-14(3,4)19(5,17)18/h12-13,15H,6-11H2,1-5H3. The number of hydrogen-bond donors (Lipinski definition) is 1. The monoisotopic (exact) mass is 290 g/mol. The summed E-state index contributed by atoms with van der Waals surface area (Å²) in [6.07, 6.45) is 4.76. The Bertz CT molecular complexity index is 377. The zero-order valence-corrected chi connectivity index (χ0v) is 13.9. The van der Waals surface area contributed by atoms with Crippen LogP contribution >= 0.6 is 0 Å². The predicted octanol–water partition coefficient (Wildman–Crippen LogP) is 1.66. The number of nitrogens with one attached hydrogen (secondary N) is 1. The quantitative estimate of drug-likeness (QED) is 0.836. The Morgan fingerprint density at radius 3 is 2.42 bits per heavy atom. The van der Waals surface area contributed by atoms with Gasteiger partial charge in [0.05, 0.1) is 4.75 Å². The molecule has 0 aliphatic carbocycles. The van der Waals surface area contributed by atoms with Gasteiger partial charge in [-0.15, -0.1) is 0 Å². The number of sulfone groups is 1. The van der Waals surface area contributed by atoms with Crippen molar-refractivity contribution in [3.05, 3.63) is 0 Å². The summed E-state index contributed by atoms with van der Waals surface area (Å²) >= 11 is 0. The van der Waals surface area contributed by atoms with Gasteiger partial charge in [-0.25, -0.2) is 8.42 Å². The first-order valence-electron chi connectivity index (χ1n) is 7.30. The summed E-state index contributed by atoms with van der Waals surface area (Å²) < 4.78 is 22.7. The van der Waals surface area contributed by atoms with E-state index < -0.39 is 14.6 Å². The summed E-state index contributed by atoms with van der Waals surface area (Å²) in [6.45, 7) is 10.9. The lowest BCUT2D eigenvalue weighted by Crippen LogP contribution is -2.45. The lowest BCUT2D eigenvalue weighted by Gasteiger charge is -2.27. The van der Waals surface area contributed by atoms with Crippen molar-refractivity contribution in [3.8, 4) is 0 Å². The Kier molecular flexibility index (Phi) is 5.83. The lowest BCUT2D eigenvalue weighted by molar-refractivity contribution is 0.229. The molecule has 0 radical (unpaired) electrons. The Hall–Kier alpha value is -0.130. The molecule has 0 aromatic heterocycles. The highest BCUT2D eigenvalue weighted by Crippen LogP contribution is 2.17. The molecule has 114 valence electrons. The molecule has 0 spiro atoms. The second-order valence-electron chi connectivity index (χ2n) is 6.67. The van der Waals surface area contributed by atoms with Gasteiger partial charge in [-0.05, 0) is 60.0 Å². The normalized spacial score (nSPS) is 23.6. The third-order valence-corrected chi connectivity index (χ3v) is 6.47. The van der Waals surface area contributed by atoms with Gasteiger partial charge in [0.2, 0.25) is 0 Å². The molecule has 1 aliphatic rings. The maximum absolute atomic E-state index is 11.7. The highest BCUT2D eigenvalue weighted by molar-refractivity contribution is 7.92. The van der Waals surface area contributed by atoms with Crippen molar-refractivity contribution < 1.29 is 8.42 Å². The van der Waals surface area contributed by atoms with Crippen LogP contribution in [0.15, 0.2) is 0 Å². The average Bonchev–Trinajstić information content (AvgIpc) is 2.50. The van der Waals surface area contributed by atoms with E-state index in [1.165, 1.54) is 12.7 Å². The maximum Gasteiger partial charge on any atom is 0.153 e. The summed E-state index contributed by atoms with van der Waals surface area (Å²) in [4.78, 5) is 2.50. The summed E-state index contributed by atoms with van der Waals surface area (Å²) in [5.41, 5.74) is 0. The fraction of sp³-hybridized carbons (Fsp3) is 1.00. The molecule has 0 aromatic rings. The molecule has 0 bridgehead atoms. The molecular weight excluding hydrogens is 260 g/mol. The van der Waals surface area contributed by atoms with Gasteiger partial charge in [0.15, 0.2) is 9.84 Å². The van der Waals surface area contributed by atoms with Crippen molar-refractivity contribution in [1.82, 2.24) is 10.2 Å². The summed E-state index contributed by atoms with van der Waals surface area (Å²) in [7, 11) is -3.01. The second kappa shape index (κ2) is 6.55. The molecule has 1 unspecified atom stereocenters. The Morgan fingerprint density at radius 1 is 1.26 bits per heavy atom. The molecule has 1 rings (SSSR count). The minimum Gasteiger partial charge on any atom is -0.312 e. The van der Waals surface area contributed by atoms with Crippen molar-refractivity contribution in [1.29, 1.82) is 0 Å². The van der Waals surface area contributed by atoms with Gasteiger partial charge in [0.1, 0.15) is 0 Å². The highest BCUT2D eigenvalue weighted by atomic mass is 32.2. The minimum atomic E-state index is -3.01. The number of hydrogen-bond acceptors (Lipinski definition) is 4. The van der Waals surface area contributed by atoms with E-state index in [1.807, 2.05) is 0 Å². The van der Waals surface area contributed by atoms with Crippen LogP contribution in [-0.4, -0.2) is 56.0 Å². The van der Waals surface area contributed by atoms with E-state index in [0.717, 1.165) is 25.9 Å². The Balaban J connectivity index is 2.47. The highest BCUT2D eigenvalue weighted by Gasteiger charge is 2.31. The van der Waals surface area contributed by atoms with E-state index >= 15 is 0 Å².